The van der Waals surface area contributed by atoms with Crippen LogP contribution >= 0.6 is 0 Å². The maximum absolute atomic E-state index is 10.8. The van der Waals surface area contributed by atoms with Crippen LogP contribution < -0.4 is 4.74 Å². The first-order chi connectivity index (χ1) is 12.1. The Balaban J connectivity index is 2.11. The molecule has 5 nitrogen and oxygen atoms in total. The van der Waals surface area contributed by atoms with Gasteiger partial charge in [-0.15, -0.1) is 0 Å². The Morgan fingerprint density at radius 3 is 2.64 bits per heavy atom. The second kappa shape index (κ2) is 6.02. The van der Waals surface area contributed by atoms with Crippen LogP contribution in [0.4, 0.5) is 0 Å². The van der Waals surface area contributed by atoms with Crippen molar-refractivity contribution in [2.45, 2.75) is 32.1 Å². The van der Waals surface area contributed by atoms with Gasteiger partial charge in [-0.1, -0.05) is 12.1 Å². The van der Waals surface area contributed by atoms with Gasteiger partial charge >= 0.3 is 0 Å². The van der Waals surface area contributed by atoms with E-state index in [1.165, 1.54) is 18.2 Å². The molecule has 2 aromatic rings. The first-order valence-electron chi connectivity index (χ1n) is 8.59. The van der Waals surface area contributed by atoms with E-state index in [0.717, 1.165) is 41.6 Å². The minimum atomic E-state index is -0.176. The van der Waals surface area contributed by atoms with Gasteiger partial charge in [0, 0.05) is 18.2 Å². The number of hydrogen-bond acceptors (Lipinski definition) is 5. The number of aliphatic hydroxyl groups is 2. The molecule has 2 aromatic carbocycles. The molecule has 1 aliphatic heterocycles. The summed E-state index contributed by atoms with van der Waals surface area (Å²) in [6.07, 6.45) is 1.71. The van der Waals surface area contributed by atoms with E-state index in [-0.39, 0.29) is 25.0 Å². The lowest BCUT2D eigenvalue weighted by Crippen LogP contribution is -2.36. The van der Waals surface area contributed by atoms with E-state index < -0.39 is 0 Å². The maximum Gasteiger partial charge on any atom is 0.165 e. The molecule has 132 valence electrons. The molecule has 0 saturated carbocycles. The van der Waals surface area contributed by atoms with Crippen molar-refractivity contribution in [3.8, 4) is 22.6 Å². The Bertz CT molecular complexity index is 846. The number of aliphatic hydroxyl groups excluding tert-OH is 2. The molecular formula is C20H23NO4. The molecule has 0 aromatic heterocycles. The van der Waals surface area contributed by atoms with E-state index in [9.17, 15) is 15.3 Å². The molecule has 5 heteroatoms. The zero-order valence-corrected chi connectivity index (χ0v) is 14.5. The van der Waals surface area contributed by atoms with Gasteiger partial charge in [-0.3, -0.25) is 4.90 Å². The van der Waals surface area contributed by atoms with Gasteiger partial charge in [-0.25, -0.2) is 0 Å². The highest BCUT2D eigenvalue weighted by Crippen LogP contribution is 2.52. The summed E-state index contributed by atoms with van der Waals surface area (Å²) < 4.78 is 5.30. The molecule has 0 bridgehead atoms. The molecule has 0 spiro atoms. The molecule has 3 N–H and O–H groups in total. The Kier molecular flexibility index (Phi) is 3.95. The molecule has 0 fully saturated rings. The van der Waals surface area contributed by atoms with Gasteiger partial charge in [0.15, 0.2) is 11.5 Å². The maximum atomic E-state index is 10.8. The van der Waals surface area contributed by atoms with Crippen LogP contribution in [0.2, 0.25) is 0 Å². The van der Waals surface area contributed by atoms with E-state index in [4.69, 9.17) is 4.74 Å². The molecule has 25 heavy (non-hydrogen) atoms. The van der Waals surface area contributed by atoms with Gasteiger partial charge in [-0.05, 0) is 59.3 Å². The molecule has 1 heterocycles. The number of likely N-dealkylation sites (N-methyl/N-ethyl adjacent to an activating group) is 1. The van der Waals surface area contributed by atoms with E-state index >= 15 is 0 Å². The van der Waals surface area contributed by atoms with Gasteiger partial charge in [0.2, 0.25) is 0 Å². The van der Waals surface area contributed by atoms with Crippen molar-refractivity contribution in [3.05, 3.63) is 46.0 Å². The molecule has 0 radical (unpaired) electrons. The Labute approximate surface area is 147 Å². The molecule has 1 atom stereocenters. The van der Waals surface area contributed by atoms with Gasteiger partial charge in [0.05, 0.1) is 20.3 Å². The average Bonchev–Trinajstić information content (AvgIpc) is 2.63. The molecular weight excluding hydrogens is 318 g/mol. The minimum absolute atomic E-state index is 0.110. The van der Waals surface area contributed by atoms with E-state index in [2.05, 4.69) is 11.9 Å². The number of aromatic hydroxyl groups is 1. The standard InChI is InChI=1S/C20H23NO4/c1-21-6-5-12-7-13(9-22)14(10-23)19-17(12)15(21)8-11-3-4-16(25-2)20(24)18(11)19/h3-4,7,15,22-24H,5-6,8-10H2,1-2H3. The fourth-order valence-corrected chi connectivity index (χ4v) is 4.42. The van der Waals surface area contributed by atoms with Gasteiger partial charge in [0.25, 0.3) is 0 Å². The lowest BCUT2D eigenvalue weighted by molar-refractivity contribution is 0.225. The molecule has 1 aliphatic carbocycles. The van der Waals surface area contributed by atoms with Crippen molar-refractivity contribution < 1.29 is 20.1 Å². The Morgan fingerprint density at radius 1 is 1.16 bits per heavy atom. The quantitative estimate of drug-likeness (QED) is 0.798. The lowest BCUT2D eigenvalue weighted by atomic mass is 9.74. The fraction of sp³-hybridized carbons (Fsp3) is 0.400. The number of ether oxygens (including phenoxy) is 1. The fourth-order valence-electron chi connectivity index (χ4n) is 4.42. The number of phenolic OH excluding ortho intramolecular Hbond substituents is 1. The van der Waals surface area contributed by atoms with Crippen molar-refractivity contribution in [1.29, 1.82) is 0 Å². The largest absolute Gasteiger partial charge is 0.504 e. The number of benzene rings is 2. The molecule has 0 saturated heterocycles. The summed E-state index contributed by atoms with van der Waals surface area (Å²) in [6, 6.07) is 6.02. The molecule has 4 rings (SSSR count). The van der Waals surface area contributed by atoms with E-state index in [0.29, 0.717) is 11.3 Å². The topological polar surface area (TPSA) is 73.2 Å². The third-order valence-corrected chi connectivity index (χ3v) is 5.69. The summed E-state index contributed by atoms with van der Waals surface area (Å²) >= 11 is 0. The number of rotatable bonds is 3. The first kappa shape index (κ1) is 16.4. The number of phenols is 1. The zero-order valence-electron chi connectivity index (χ0n) is 14.5. The zero-order chi connectivity index (χ0) is 17.7. The van der Waals surface area contributed by atoms with Crippen LogP contribution in [0, 0.1) is 0 Å². The van der Waals surface area contributed by atoms with Gasteiger partial charge in [-0.2, -0.15) is 0 Å². The predicted octanol–water partition coefficient (Wildman–Crippen LogP) is 2.14. The van der Waals surface area contributed by atoms with Gasteiger partial charge < -0.3 is 20.1 Å². The van der Waals surface area contributed by atoms with Gasteiger partial charge in [0.1, 0.15) is 0 Å². The van der Waals surface area contributed by atoms with Crippen LogP contribution in [0.3, 0.4) is 0 Å². The highest BCUT2D eigenvalue weighted by atomic mass is 16.5. The third kappa shape index (κ3) is 2.27. The monoisotopic (exact) mass is 341 g/mol. The van der Waals surface area contributed by atoms with Crippen molar-refractivity contribution in [2.24, 2.45) is 0 Å². The summed E-state index contributed by atoms with van der Waals surface area (Å²) in [6.45, 7) is 0.652. The second-order valence-electron chi connectivity index (χ2n) is 6.88. The minimum Gasteiger partial charge on any atom is -0.504 e. The summed E-state index contributed by atoms with van der Waals surface area (Å²) in [7, 11) is 3.65. The number of nitrogens with zero attached hydrogens (tertiary/aromatic N) is 1. The number of methoxy groups -OCH3 is 1. The third-order valence-electron chi connectivity index (χ3n) is 5.69. The highest BCUT2D eigenvalue weighted by Gasteiger charge is 2.36. The van der Waals surface area contributed by atoms with Crippen molar-refractivity contribution in [3.63, 3.8) is 0 Å². The van der Waals surface area contributed by atoms with Crippen LogP contribution in [-0.2, 0) is 26.1 Å². The average molecular weight is 341 g/mol. The summed E-state index contributed by atoms with van der Waals surface area (Å²) in [5.74, 6) is 0.534. The SMILES string of the molecule is COc1ccc2c(c1O)-c1c(CO)c(CO)cc3c1C(C2)N(C)CC3. The Hall–Kier alpha value is -2.08. The highest BCUT2D eigenvalue weighted by molar-refractivity contribution is 5.85. The lowest BCUT2D eigenvalue weighted by Gasteiger charge is -2.41. The van der Waals surface area contributed by atoms with Crippen LogP contribution in [0.15, 0.2) is 18.2 Å². The smallest absolute Gasteiger partial charge is 0.165 e. The molecule has 1 unspecified atom stereocenters. The molecule has 0 amide bonds. The van der Waals surface area contributed by atoms with Crippen LogP contribution in [-0.4, -0.2) is 40.9 Å². The summed E-state index contributed by atoms with van der Waals surface area (Å²) in [4.78, 5) is 2.33. The summed E-state index contributed by atoms with van der Waals surface area (Å²) in [5, 5.41) is 30.7. The van der Waals surface area contributed by atoms with Crippen molar-refractivity contribution in [2.75, 3.05) is 20.7 Å². The van der Waals surface area contributed by atoms with Crippen LogP contribution in [0.5, 0.6) is 11.5 Å². The predicted molar refractivity (Wildman–Crippen MR) is 94.7 cm³/mol. The Morgan fingerprint density at radius 2 is 1.96 bits per heavy atom. The van der Waals surface area contributed by atoms with E-state index in [1.54, 1.807) is 6.07 Å². The summed E-state index contributed by atoms with van der Waals surface area (Å²) in [5.41, 5.74) is 6.46. The van der Waals surface area contributed by atoms with E-state index in [1.807, 2.05) is 12.1 Å². The number of hydrogen-bond donors (Lipinski definition) is 3. The van der Waals surface area contributed by atoms with Crippen molar-refractivity contribution >= 4 is 0 Å². The molecule has 2 aliphatic rings. The first-order valence-corrected chi connectivity index (χ1v) is 8.59. The number of fused-ring (bicyclic) bond motifs is 2. The normalized spacial score (nSPS) is 18.6. The second-order valence-corrected chi connectivity index (χ2v) is 6.88. The van der Waals surface area contributed by atoms with Crippen LogP contribution in [0.1, 0.15) is 33.9 Å². The van der Waals surface area contributed by atoms with Crippen LogP contribution in [0.25, 0.3) is 11.1 Å². The van der Waals surface area contributed by atoms with Crippen molar-refractivity contribution in [1.82, 2.24) is 4.90 Å².